The van der Waals surface area contributed by atoms with Crippen molar-refractivity contribution in [3.05, 3.63) is 44.8 Å². The number of methoxy groups -OCH3 is 1. The number of aryl methyl sites for hydroxylation is 1. The summed E-state index contributed by atoms with van der Waals surface area (Å²) in [5.41, 5.74) is 3.41. The molecule has 18 heavy (non-hydrogen) atoms. The molecule has 1 aromatic carbocycles. The largest absolute Gasteiger partial charge is 0.464 e. The zero-order valence-electron chi connectivity index (χ0n) is 10.4. The van der Waals surface area contributed by atoms with Gasteiger partial charge < -0.3 is 4.74 Å². The van der Waals surface area contributed by atoms with Gasteiger partial charge in [0.05, 0.1) is 22.1 Å². The molecule has 0 bridgehead atoms. The predicted octanol–water partition coefficient (Wildman–Crippen LogP) is 2.88. The lowest BCUT2D eigenvalue weighted by Crippen LogP contribution is -2.05. The summed E-state index contributed by atoms with van der Waals surface area (Å²) >= 11 is 2.11. The van der Waals surface area contributed by atoms with Crippen LogP contribution in [-0.4, -0.2) is 22.9 Å². The molecule has 94 valence electrons. The van der Waals surface area contributed by atoms with Gasteiger partial charge in [-0.25, -0.2) is 9.48 Å². The predicted molar refractivity (Wildman–Crippen MR) is 77.1 cm³/mol. The monoisotopic (exact) mass is 356 g/mol. The van der Waals surface area contributed by atoms with Gasteiger partial charge in [0.2, 0.25) is 0 Å². The van der Waals surface area contributed by atoms with Gasteiger partial charge in [0.1, 0.15) is 0 Å². The second-order valence-corrected chi connectivity index (χ2v) is 5.07. The molecular formula is C13H13IN2O2. The van der Waals surface area contributed by atoms with Gasteiger partial charge in [-0.15, -0.1) is 0 Å². The summed E-state index contributed by atoms with van der Waals surface area (Å²) in [6, 6.07) is 7.99. The number of esters is 1. The van der Waals surface area contributed by atoms with Gasteiger partial charge in [0.25, 0.3) is 0 Å². The number of hydrogen-bond donors (Lipinski definition) is 0. The molecule has 0 aliphatic heterocycles. The number of hydrogen-bond acceptors (Lipinski definition) is 3. The number of ether oxygens (including phenoxy) is 1. The molecule has 0 saturated heterocycles. The van der Waals surface area contributed by atoms with Gasteiger partial charge in [0, 0.05) is 0 Å². The van der Waals surface area contributed by atoms with Crippen molar-refractivity contribution in [2.75, 3.05) is 7.11 Å². The van der Waals surface area contributed by atoms with Crippen LogP contribution in [0.2, 0.25) is 0 Å². The number of carbonyl (C=O) groups excluding carboxylic acids is 1. The fourth-order valence-electron chi connectivity index (χ4n) is 1.65. The zero-order valence-corrected chi connectivity index (χ0v) is 12.6. The van der Waals surface area contributed by atoms with Crippen LogP contribution < -0.4 is 0 Å². The number of aromatic nitrogens is 2. The van der Waals surface area contributed by atoms with E-state index in [-0.39, 0.29) is 0 Å². The van der Waals surface area contributed by atoms with E-state index in [9.17, 15) is 4.79 Å². The van der Waals surface area contributed by atoms with Crippen molar-refractivity contribution in [3.8, 4) is 5.69 Å². The molecule has 0 N–H and O–H groups in total. The third-order valence-electron chi connectivity index (χ3n) is 2.70. The average molecular weight is 356 g/mol. The van der Waals surface area contributed by atoms with Gasteiger partial charge in [-0.05, 0) is 48.6 Å². The van der Waals surface area contributed by atoms with Crippen LogP contribution in [0.15, 0.2) is 24.3 Å². The van der Waals surface area contributed by atoms with Crippen molar-refractivity contribution < 1.29 is 9.53 Å². The molecule has 0 unspecified atom stereocenters. The maximum absolute atomic E-state index is 11.6. The topological polar surface area (TPSA) is 44.1 Å². The number of rotatable bonds is 2. The Morgan fingerprint density at radius 1 is 1.28 bits per heavy atom. The van der Waals surface area contributed by atoms with E-state index < -0.39 is 5.97 Å². The van der Waals surface area contributed by atoms with Crippen LogP contribution in [0.25, 0.3) is 5.69 Å². The average Bonchev–Trinajstić information content (AvgIpc) is 2.67. The molecule has 5 heteroatoms. The molecule has 1 heterocycles. The smallest absolute Gasteiger partial charge is 0.359 e. The van der Waals surface area contributed by atoms with Crippen LogP contribution in [0.3, 0.4) is 0 Å². The lowest BCUT2D eigenvalue weighted by Gasteiger charge is -2.04. The minimum absolute atomic E-state index is 0.358. The molecule has 2 aromatic rings. The standard InChI is InChI=1S/C13H13IN2O2/c1-8-4-6-10(7-5-8)16-9(2)11(14)12(15-16)13(17)18-3/h4-7H,1-3H3. The van der Waals surface area contributed by atoms with Gasteiger partial charge in [0.15, 0.2) is 5.69 Å². The molecule has 0 spiro atoms. The highest BCUT2D eigenvalue weighted by Crippen LogP contribution is 2.20. The SMILES string of the molecule is COC(=O)c1nn(-c2ccc(C)cc2)c(C)c1I. The molecule has 4 nitrogen and oxygen atoms in total. The van der Waals surface area contributed by atoms with Crippen molar-refractivity contribution in [2.45, 2.75) is 13.8 Å². The highest BCUT2D eigenvalue weighted by molar-refractivity contribution is 14.1. The van der Waals surface area contributed by atoms with Crippen LogP contribution in [0.1, 0.15) is 21.7 Å². The van der Waals surface area contributed by atoms with E-state index in [0.29, 0.717) is 5.69 Å². The minimum atomic E-state index is -0.409. The molecule has 0 atom stereocenters. The zero-order chi connectivity index (χ0) is 13.3. The van der Waals surface area contributed by atoms with E-state index in [1.165, 1.54) is 12.7 Å². The Morgan fingerprint density at radius 3 is 2.44 bits per heavy atom. The first-order chi connectivity index (χ1) is 8.54. The first-order valence-electron chi connectivity index (χ1n) is 5.45. The Morgan fingerprint density at radius 2 is 1.89 bits per heavy atom. The fourth-order valence-corrected chi connectivity index (χ4v) is 2.20. The molecule has 2 rings (SSSR count). The first-order valence-corrected chi connectivity index (χ1v) is 6.53. The Kier molecular flexibility index (Phi) is 3.70. The summed E-state index contributed by atoms with van der Waals surface area (Å²) < 4.78 is 7.30. The Bertz CT molecular complexity index is 588. The van der Waals surface area contributed by atoms with Gasteiger partial charge in [-0.1, -0.05) is 17.7 Å². The molecule has 0 saturated carbocycles. The quantitative estimate of drug-likeness (QED) is 0.614. The summed E-state index contributed by atoms with van der Waals surface area (Å²) in [5.74, 6) is -0.409. The van der Waals surface area contributed by atoms with Crippen LogP contribution >= 0.6 is 22.6 Å². The lowest BCUT2D eigenvalue weighted by atomic mass is 10.2. The Balaban J connectivity index is 2.52. The number of benzene rings is 1. The molecule has 0 fully saturated rings. The second kappa shape index (κ2) is 5.09. The van der Waals surface area contributed by atoms with E-state index >= 15 is 0 Å². The summed E-state index contributed by atoms with van der Waals surface area (Å²) in [5, 5.41) is 4.31. The van der Waals surface area contributed by atoms with E-state index in [1.54, 1.807) is 4.68 Å². The van der Waals surface area contributed by atoms with E-state index in [0.717, 1.165) is 15.0 Å². The molecule has 0 aliphatic rings. The molecule has 0 aliphatic carbocycles. The molecule has 0 radical (unpaired) electrons. The van der Waals surface area contributed by atoms with Gasteiger partial charge in [-0.2, -0.15) is 5.10 Å². The van der Waals surface area contributed by atoms with Gasteiger partial charge >= 0.3 is 5.97 Å². The van der Waals surface area contributed by atoms with E-state index in [1.807, 2.05) is 38.1 Å². The number of nitrogens with zero attached hydrogens (tertiary/aromatic N) is 2. The van der Waals surface area contributed by atoms with Crippen molar-refractivity contribution in [2.24, 2.45) is 0 Å². The van der Waals surface area contributed by atoms with Crippen LogP contribution in [0.5, 0.6) is 0 Å². The highest BCUT2D eigenvalue weighted by atomic mass is 127. The normalized spacial score (nSPS) is 10.4. The maximum atomic E-state index is 11.6. The van der Waals surface area contributed by atoms with Crippen LogP contribution in [-0.2, 0) is 4.74 Å². The Hall–Kier alpha value is -1.37. The summed E-state index contributed by atoms with van der Waals surface area (Å²) in [7, 11) is 1.36. The van der Waals surface area contributed by atoms with E-state index in [2.05, 4.69) is 27.7 Å². The molecule has 1 aromatic heterocycles. The molecule has 0 amide bonds. The third-order valence-corrected chi connectivity index (χ3v) is 3.99. The lowest BCUT2D eigenvalue weighted by molar-refractivity contribution is 0.0592. The first kappa shape index (κ1) is 13.1. The molecular weight excluding hydrogens is 343 g/mol. The number of halogens is 1. The van der Waals surface area contributed by atoms with Crippen molar-refractivity contribution in [1.82, 2.24) is 9.78 Å². The van der Waals surface area contributed by atoms with Crippen molar-refractivity contribution in [3.63, 3.8) is 0 Å². The summed E-state index contributed by atoms with van der Waals surface area (Å²) in [6.45, 7) is 3.96. The van der Waals surface area contributed by atoms with Crippen molar-refractivity contribution >= 4 is 28.6 Å². The number of carbonyl (C=O) groups is 1. The highest BCUT2D eigenvalue weighted by Gasteiger charge is 2.19. The second-order valence-electron chi connectivity index (χ2n) is 3.99. The maximum Gasteiger partial charge on any atom is 0.359 e. The Labute approximate surface area is 119 Å². The summed E-state index contributed by atoms with van der Waals surface area (Å²) in [4.78, 5) is 11.6. The third kappa shape index (κ3) is 2.27. The van der Waals surface area contributed by atoms with Crippen LogP contribution in [0, 0.1) is 17.4 Å². The van der Waals surface area contributed by atoms with E-state index in [4.69, 9.17) is 4.74 Å². The van der Waals surface area contributed by atoms with Gasteiger partial charge in [-0.3, -0.25) is 0 Å². The summed E-state index contributed by atoms with van der Waals surface area (Å²) in [6.07, 6.45) is 0. The van der Waals surface area contributed by atoms with Crippen LogP contribution in [0.4, 0.5) is 0 Å². The van der Waals surface area contributed by atoms with Crippen molar-refractivity contribution in [1.29, 1.82) is 0 Å². The minimum Gasteiger partial charge on any atom is -0.464 e. The fraction of sp³-hybridized carbons (Fsp3) is 0.231.